The van der Waals surface area contributed by atoms with Crippen molar-refractivity contribution < 1.29 is 19.1 Å². The molecular weight excluding hydrogens is 396 g/mol. The largest absolute Gasteiger partial charge is 0.496 e. The molecule has 2 amide bonds. The number of fused-ring (bicyclic) bond motifs is 2. The summed E-state index contributed by atoms with van der Waals surface area (Å²) in [4.78, 5) is 31.7. The summed E-state index contributed by atoms with van der Waals surface area (Å²) >= 11 is 0. The topological polar surface area (TPSA) is 119 Å². The quantitative estimate of drug-likeness (QED) is 0.444. The number of carbonyl (C=O) groups is 2. The van der Waals surface area contributed by atoms with Crippen LogP contribution in [0.2, 0.25) is 0 Å². The van der Waals surface area contributed by atoms with Crippen LogP contribution in [0.1, 0.15) is 33.6 Å². The molecule has 1 fully saturated rings. The minimum Gasteiger partial charge on any atom is -0.496 e. The van der Waals surface area contributed by atoms with E-state index in [9.17, 15) is 9.59 Å². The number of rotatable bonds is 6. The van der Waals surface area contributed by atoms with Crippen molar-refractivity contribution in [2.75, 3.05) is 7.11 Å². The van der Waals surface area contributed by atoms with Gasteiger partial charge in [0, 0.05) is 46.9 Å². The second-order valence-corrected chi connectivity index (χ2v) is 7.50. The molecule has 0 aliphatic heterocycles. The molecule has 0 saturated heterocycles. The molecule has 4 N–H and O–H groups in total. The van der Waals surface area contributed by atoms with E-state index in [4.69, 9.17) is 15.2 Å². The minimum atomic E-state index is -0.599. The average Bonchev–Trinajstić information content (AvgIpc) is 3.48. The van der Waals surface area contributed by atoms with Crippen molar-refractivity contribution in [1.82, 2.24) is 15.3 Å². The Labute approximate surface area is 177 Å². The fourth-order valence-electron chi connectivity index (χ4n) is 3.57. The van der Waals surface area contributed by atoms with E-state index in [0.717, 1.165) is 23.7 Å². The SMILES string of the molecule is COc1cc2nccc(Oc3ccc4c(C(=O)NC5CC5)c[nH]c4c3)c2cc1C(N)=O. The van der Waals surface area contributed by atoms with Crippen molar-refractivity contribution in [3.8, 4) is 17.2 Å². The highest BCUT2D eigenvalue weighted by Crippen LogP contribution is 2.34. The van der Waals surface area contributed by atoms with Gasteiger partial charge in [-0.3, -0.25) is 14.6 Å². The number of nitrogens with zero attached hydrogens (tertiary/aromatic N) is 1. The van der Waals surface area contributed by atoms with Crippen LogP contribution < -0.4 is 20.5 Å². The number of methoxy groups -OCH3 is 1. The van der Waals surface area contributed by atoms with E-state index in [0.29, 0.717) is 39.8 Å². The van der Waals surface area contributed by atoms with Crippen molar-refractivity contribution in [3.63, 3.8) is 0 Å². The van der Waals surface area contributed by atoms with Crippen molar-refractivity contribution in [1.29, 1.82) is 0 Å². The molecule has 0 radical (unpaired) electrons. The summed E-state index contributed by atoms with van der Waals surface area (Å²) in [5.41, 5.74) is 7.75. The molecule has 156 valence electrons. The van der Waals surface area contributed by atoms with E-state index < -0.39 is 5.91 Å². The molecule has 1 aliphatic rings. The fraction of sp³-hybridized carbons (Fsp3) is 0.174. The monoisotopic (exact) mass is 416 g/mol. The third-order valence-corrected chi connectivity index (χ3v) is 5.33. The number of H-pyrrole nitrogens is 1. The van der Waals surface area contributed by atoms with Gasteiger partial charge in [-0.1, -0.05) is 0 Å². The Hall–Kier alpha value is -4.07. The Kier molecular flexibility index (Phi) is 4.47. The highest BCUT2D eigenvalue weighted by atomic mass is 16.5. The molecule has 1 aliphatic carbocycles. The van der Waals surface area contributed by atoms with Crippen LogP contribution in [-0.2, 0) is 0 Å². The maximum atomic E-state index is 12.4. The summed E-state index contributed by atoms with van der Waals surface area (Å²) in [6, 6.07) is 10.8. The van der Waals surface area contributed by atoms with Gasteiger partial charge in [0.1, 0.15) is 17.2 Å². The maximum Gasteiger partial charge on any atom is 0.253 e. The smallest absolute Gasteiger partial charge is 0.253 e. The molecule has 0 bridgehead atoms. The highest BCUT2D eigenvalue weighted by Gasteiger charge is 2.25. The second-order valence-electron chi connectivity index (χ2n) is 7.50. The molecule has 0 spiro atoms. The number of aromatic amines is 1. The molecule has 31 heavy (non-hydrogen) atoms. The maximum absolute atomic E-state index is 12.4. The predicted octanol–water partition coefficient (Wildman–Crippen LogP) is 3.51. The molecule has 0 atom stereocenters. The number of hydrogen-bond acceptors (Lipinski definition) is 5. The van der Waals surface area contributed by atoms with Crippen LogP contribution in [0.15, 0.2) is 48.8 Å². The Morgan fingerprint density at radius 2 is 1.94 bits per heavy atom. The Morgan fingerprint density at radius 1 is 1.10 bits per heavy atom. The van der Waals surface area contributed by atoms with Crippen molar-refractivity contribution >= 4 is 33.6 Å². The summed E-state index contributed by atoms with van der Waals surface area (Å²) in [5, 5.41) is 4.46. The number of nitrogens with one attached hydrogen (secondary N) is 2. The van der Waals surface area contributed by atoms with Gasteiger partial charge >= 0.3 is 0 Å². The molecule has 8 heteroatoms. The number of hydrogen-bond donors (Lipinski definition) is 3. The third-order valence-electron chi connectivity index (χ3n) is 5.33. The number of amides is 2. The minimum absolute atomic E-state index is 0.0736. The first kappa shape index (κ1) is 18.9. The zero-order valence-electron chi connectivity index (χ0n) is 16.8. The lowest BCUT2D eigenvalue weighted by Gasteiger charge is -2.12. The standard InChI is InChI=1S/C23H20N4O4/c1-30-21-10-19-15(9-16(21)22(24)28)20(6-7-25-19)31-13-4-5-14-17(11-26-18(14)8-13)23(29)27-12-2-3-12/h4-12,26H,2-3H2,1H3,(H2,24,28)(H,27,29). The molecule has 0 unspecified atom stereocenters. The van der Waals surface area contributed by atoms with Gasteiger partial charge in [-0.2, -0.15) is 0 Å². The van der Waals surface area contributed by atoms with Crippen molar-refractivity contribution in [3.05, 3.63) is 59.9 Å². The molecular formula is C23H20N4O4. The van der Waals surface area contributed by atoms with Crippen molar-refractivity contribution in [2.45, 2.75) is 18.9 Å². The Morgan fingerprint density at radius 3 is 2.68 bits per heavy atom. The van der Waals surface area contributed by atoms with Crippen molar-refractivity contribution in [2.24, 2.45) is 5.73 Å². The van der Waals surface area contributed by atoms with E-state index in [1.807, 2.05) is 12.1 Å². The van der Waals surface area contributed by atoms with Gasteiger partial charge in [-0.25, -0.2) is 0 Å². The van der Waals surface area contributed by atoms with E-state index in [2.05, 4.69) is 15.3 Å². The van der Waals surface area contributed by atoms with Gasteiger partial charge in [0.2, 0.25) is 0 Å². The van der Waals surface area contributed by atoms with Crippen LogP contribution in [0.25, 0.3) is 21.8 Å². The average molecular weight is 416 g/mol. The lowest BCUT2D eigenvalue weighted by Crippen LogP contribution is -2.24. The van der Waals surface area contributed by atoms with E-state index >= 15 is 0 Å². The van der Waals surface area contributed by atoms with Gasteiger partial charge in [0.15, 0.2) is 0 Å². The Bertz CT molecular complexity index is 1340. The second kappa shape index (κ2) is 7.32. The number of benzene rings is 2. The van der Waals surface area contributed by atoms with Crippen LogP contribution >= 0.6 is 0 Å². The lowest BCUT2D eigenvalue weighted by atomic mass is 10.1. The zero-order chi connectivity index (χ0) is 21.5. The number of pyridine rings is 1. The van der Waals surface area contributed by atoms with Crippen LogP contribution in [0, 0.1) is 0 Å². The fourth-order valence-corrected chi connectivity index (χ4v) is 3.57. The lowest BCUT2D eigenvalue weighted by molar-refractivity contribution is 0.0951. The third kappa shape index (κ3) is 3.52. The molecule has 2 heterocycles. The van der Waals surface area contributed by atoms with Crippen LogP contribution in [-0.4, -0.2) is 34.9 Å². The first-order valence-electron chi connectivity index (χ1n) is 9.90. The molecule has 2 aromatic carbocycles. The van der Waals surface area contributed by atoms with Crippen LogP contribution in [0.3, 0.4) is 0 Å². The summed E-state index contributed by atoms with van der Waals surface area (Å²) in [7, 11) is 1.47. The molecule has 4 aromatic rings. The van der Waals surface area contributed by atoms with E-state index in [1.165, 1.54) is 7.11 Å². The zero-order valence-corrected chi connectivity index (χ0v) is 16.8. The predicted molar refractivity (Wildman–Crippen MR) is 116 cm³/mol. The molecule has 2 aromatic heterocycles. The normalized spacial score (nSPS) is 13.3. The van der Waals surface area contributed by atoms with Gasteiger partial charge in [0.05, 0.1) is 23.8 Å². The van der Waals surface area contributed by atoms with Gasteiger partial charge in [0.25, 0.3) is 11.8 Å². The summed E-state index contributed by atoms with van der Waals surface area (Å²) in [6.45, 7) is 0. The molecule has 5 rings (SSSR count). The number of aromatic nitrogens is 2. The number of nitrogens with two attached hydrogens (primary N) is 1. The van der Waals surface area contributed by atoms with E-state index in [-0.39, 0.29) is 11.5 Å². The number of primary amides is 1. The first-order chi connectivity index (χ1) is 15.0. The van der Waals surface area contributed by atoms with Crippen LogP contribution in [0.4, 0.5) is 0 Å². The van der Waals surface area contributed by atoms with E-state index in [1.54, 1.807) is 36.7 Å². The summed E-state index contributed by atoms with van der Waals surface area (Å²) in [6.07, 6.45) is 5.40. The number of carbonyl (C=O) groups excluding carboxylic acids is 2. The summed E-state index contributed by atoms with van der Waals surface area (Å²) in [5.74, 6) is 0.781. The highest BCUT2D eigenvalue weighted by molar-refractivity contribution is 6.07. The number of ether oxygens (including phenoxy) is 2. The van der Waals surface area contributed by atoms with Gasteiger partial charge in [-0.05, 0) is 37.1 Å². The Balaban J connectivity index is 1.49. The summed E-state index contributed by atoms with van der Waals surface area (Å²) < 4.78 is 11.4. The first-order valence-corrected chi connectivity index (χ1v) is 9.90. The molecule has 1 saturated carbocycles. The van der Waals surface area contributed by atoms with Crippen LogP contribution in [0.5, 0.6) is 17.2 Å². The van der Waals surface area contributed by atoms with Gasteiger partial charge < -0.3 is 25.5 Å². The van der Waals surface area contributed by atoms with Gasteiger partial charge in [-0.15, -0.1) is 0 Å². The molecule has 8 nitrogen and oxygen atoms in total.